The Bertz CT molecular complexity index is 1020. The fourth-order valence-electron chi connectivity index (χ4n) is 3.09. The lowest BCUT2D eigenvalue weighted by Gasteiger charge is -2.26. The Morgan fingerprint density at radius 1 is 1.00 bits per heavy atom. The average molecular weight is 447 g/mol. The molecule has 0 atom stereocenters. The van der Waals surface area contributed by atoms with E-state index in [-0.39, 0.29) is 23.8 Å². The largest absolute Gasteiger partial charge is 0.379 e. The van der Waals surface area contributed by atoms with Gasteiger partial charge in [-0.05, 0) is 36.8 Å². The molecular formula is C21H26N4O5S. The SMILES string of the molecule is Cc1ccc(NC(=O)CCNC(=O)Nc2ccccc2)cc1S(=O)(=O)N1CCOCC1. The van der Waals surface area contributed by atoms with Crippen molar-refractivity contribution in [1.29, 1.82) is 0 Å². The minimum absolute atomic E-state index is 0.0433. The van der Waals surface area contributed by atoms with E-state index in [0.717, 1.165) is 0 Å². The Kier molecular flexibility index (Phi) is 7.61. The van der Waals surface area contributed by atoms with Crippen molar-refractivity contribution < 1.29 is 22.7 Å². The van der Waals surface area contributed by atoms with Crippen molar-refractivity contribution in [3.63, 3.8) is 0 Å². The monoisotopic (exact) mass is 446 g/mol. The van der Waals surface area contributed by atoms with Gasteiger partial charge < -0.3 is 20.7 Å². The highest BCUT2D eigenvalue weighted by Crippen LogP contribution is 2.24. The summed E-state index contributed by atoms with van der Waals surface area (Å²) in [6.07, 6.45) is 0.0433. The Hall–Kier alpha value is -2.95. The maximum atomic E-state index is 12.9. The second-order valence-corrected chi connectivity index (χ2v) is 8.95. The van der Waals surface area contributed by atoms with Gasteiger partial charge in [-0.1, -0.05) is 24.3 Å². The maximum Gasteiger partial charge on any atom is 0.319 e. The summed E-state index contributed by atoms with van der Waals surface area (Å²) in [4.78, 5) is 24.3. The number of anilines is 2. The molecule has 3 N–H and O–H groups in total. The highest BCUT2D eigenvalue weighted by Gasteiger charge is 2.28. The minimum Gasteiger partial charge on any atom is -0.379 e. The number of aryl methyl sites for hydroxylation is 1. The number of para-hydroxylation sites is 1. The third kappa shape index (κ3) is 6.27. The number of hydrogen-bond donors (Lipinski definition) is 3. The summed E-state index contributed by atoms with van der Waals surface area (Å²) in [6.45, 7) is 3.17. The van der Waals surface area contributed by atoms with E-state index < -0.39 is 16.1 Å². The lowest BCUT2D eigenvalue weighted by Crippen LogP contribution is -2.40. The molecule has 10 heteroatoms. The summed E-state index contributed by atoms with van der Waals surface area (Å²) >= 11 is 0. The molecule has 0 radical (unpaired) electrons. The van der Waals surface area contributed by atoms with Crippen LogP contribution in [0, 0.1) is 6.92 Å². The molecule has 0 aliphatic carbocycles. The van der Waals surface area contributed by atoms with Gasteiger partial charge in [0.1, 0.15) is 0 Å². The average Bonchev–Trinajstić information content (AvgIpc) is 2.76. The molecule has 0 spiro atoms. The quantitative estimate of drug-likeness (QED) is 0.603. The molecule has 3 rings (SSSR count). The number of morpholine rings is 1. The molecule has 0 bridgehead atoms. The summed E-state index contributed by atoms with van der Waals surface area (Å²) in [7, 11) is -3.67. The zero-order valence-corrected chi connectivity index (χ0v) is 18.1. The van der Waals surface area contributed by atoms with E-state index in [9.17, 15) is 18.0 Å². The normalized spacial score (nSPS) is 14.6. The van der Waals surface area contributed by atoms with Gasteiger partial charge in [-0.25, -0.2) is 13.2 Å². The van der Waals surface area contributed by atoms with Gasteiger partial charge in [-0.3, -0.25) is 4.79 Å². The van der Waals surface area contributed by atoms with Gasteiger partial charge in [-0.15, -0.1) is 0 Å². The molecule has 0 saturated carbocycles. The highest BCUT2D eigenvalue weighted by molar-refractivity contribution is 7.89. The van der Waals surface area contributed by atoms with E-state index in [2.05, 4.69) is 16.0 Å². The third-order valence-corrected chi connectivity index (χ3v) is 6.77. The molecular weight excluding hydrogens is 420 g/mol. The molecule has 1 saturated heterocycles. The number of ether oxygens (including phenoxy) is 1. The van der Waals surface area contributed by atoms with Crippen LogP contribution in [-0.4, -0.2) is 57.5 Å². The summed E-state index contributed by atoms with van der Waals surface area (Å²) in [5, 5.41) is 7.96. The molecule has 1 heterocycles. The number of rotatable bonds is 7. The fourth-order valence-corrected chi connectivity index (χ4v) is 4.75. The number of hydrogen-bond acceptors (Lipinski definition) is 5. The zero-order chi connectivity index (χ0) is 22.3. The van der Waals surface area contributed by atoms with Crippen LogP contribution in [0.4, 0.5) is 16.2 Å². The molecule has 1 aliphatic heterocycles. The van der Waals surface area contributed by atoms with E-state index in [0.29, 0.717) is 43.2 Å². The first kappa shape index (κ1) is 22.7. The van der Waals surface area contributed by atoms with Gasteiger partial charge in [-0.2, -0.15) is 4.31 Å². The lowest BCUT2D eigenvalue weighted by molar-refractivity contribution is -0.116. The van der Waals surface area contributed by atoms with Gasteiger partial charge in [0, 0.05) is 37.4 Å². The van der Waals surface area contributed by atoms with E-state index in [1.54, 1.807) is 43.3 Å². The predicted octanol–water partition coefficient (Wildman–Crippen LogP) is 2.17. The number of nitrogens with zero attached hydrogens (tertiary/aromatic N) is 1. The van der Waals surface area contributed by atoms with Crippen molar-refractivity contribution in [3.05, 3.63) is 54.1 Å². The number of carbonyl (C=O) groups excluding carboxylic acids is 2. The highest BCUT2D eigenvalue weighted by atomic mass is 32.2. The van der Waals surface area contributed by atoms with Crippen LogP contribution in [0.3, 0.4) is 0 Å². The number of sulfonamides is 1. The molecule has 1 fully saturated rings. The van der Waals surface area contributed by atoms with E-state index >= 15 is 0 Å². The summed E-state index contributed by atoms with van der Waals surface area (Å²) in [5.74, 6) is -0.335. The number of carbonyl (C=O) groups is 2. The second kappa shape index (κ2) is 10.4. The van der Waals surface area contributed by atoms with Crippen molar-refractivity contribution in [2.75, 3.05) is 43.5 Å². The van der Waals surface area contributed by atoms with Gasteiger partial charge in [0.15, 0.2) is 0 Å². The fraction of sp³-hybridized carbons (Fsp3) is 0.333. The van der Waals surface area contributed by atoms with E-state index in [1.807, 2.05) is 6.07 Å². The van der Waals surface area contributed by atoms with Gasteiger partial charge in [0.05, 0.1) is 18.1 Å². The molecule has 31 heavy (non-hydrogen) atoms. The van der Waals surface area contributed by atoms with E-state index in [1.165, 1.54) is 10.4 Å². The molecule has 2 aromatic rings. The topological polar surface area (TPSA) is 117 Å². The van der Waals surface area contributed by atoms with Crippen LogP contribution in [0.1, 0.15) is 12.0 Å². The second-order valence-electron chi connectivity index (χ2n) is 7.04. The van der Waals surface area contributed by atoms with Crippen LogP contribution in [0.2, 0.25) is 0 Å². The number of nitrogens with one attached hydrogen (secondary N) is 3. The van der Waals surface area contributed by atoms with Crippen molar-refractivity contribution in [3.8, 4) is 0 Å². The summed E-state index contributed by atoms with van der Waals surface area (Å²) in [5.41, 5.74) is 1.64. The van der Waals surface area contributed by atoms with Crippen molar-refractivity contribution in [1.82, 2.24) is 9.62 Å². The minimum atomic E-state index is -3.67. The first-order valence-electron chi connectivity index (χ1n) is 9.94. The van der Waals surface area contributed by atoms with Crippen molar-refractivity contribution in [2.24, 2.45) is 0 Å². The number of benzene rings is 2. The van der Waals surface area contributed by atoms with Crippen LogP contribution < -0.4 is 16.0 Å². The summed E-state index contributed by atoms with van der Waals surface area (Å²) in [6, 6.07) is 13.3. The third-order valence-electron chi connectivity index (χ3n) is 4.73. The zero-order valence-electron chi connectivity index (χ0n) is 17.3. The van der Waals surface area contributed by atoms with Crippen molar-refractivity contribution in [2.45, 2.75) is 18.2 Å². The van der Waals surface area contributed by atoms with Crippen LogP contribution >= 0.6 is 0 Å². The van der Waals surface area contributed by atoms with Crippen LogP contribution in [0.15, 0.2) is 53.4 Å². The Morgan fingerprint density at radius 2 is 1.71 bits per heavy atom. The number of urea groups is 1. The molecule has 166 valence electrons. The van der Waals surface area contributed by atoms with Crippen LogP contribution in [0.5, 0.6) is 0 Å². The first-order valence-corrected chi connectivity index (χ1v) is 11.4. The smallest absolute Gasteiger partial charge is 0.319 e. The Labute approximate surface area is 181 Å². The van der Waals surface area contributed by atoms with Gasteiger partial charge in [0.2, 0.25) is 15.9 Å². The Balaban J connectivity index is 1.54. The van der Waals surface area contributed by atoms with Crippen LogP contribution in [-0.2, 0) is 19.6 Å². The van der Waals surface area contributed by atoms with Gasteiger partial charge in [0.25, 0.3) is 0 Å². The predicted molar refractivity (Wildman–Crippen MR) is 117 cm³/mol. The maximum absolute atomic E-state index is 12.9. The molecule has 0 aromatic heterocycles. The standard InChI is InChI=1S/C21H26N4O5S/c1-16-7-8-18(15-19(16)31(28,29)25-11-13-30-14-12-25)23-20(26)9-10-22-21(27)24-17-5-3-2-4-6-17/h2-8,15H,9-14H2,1H3,(H,23,26)(H2,22,24,27). The molecule has 2 aromatic carbocycles. The van der Waals surface area contributed by atoms with Gasteiger partial charge >= 0.3 is 6.03 Å². The first-order chi connectivity index (χ1) is 14.9. The molecule has 9 nitrogen and oxygen atoms in total. The molecule has 3 amide bonds. The molecule has 1 aliphatic rings. The van der Waals surface area contributed by atoms with Crippen molar-refractivity contribution >= 4 is 33.3 Å². The summed E-state index contributed by atoms with van der Waals surface area (Å²) < 4.78 is 32.5. The molecule has 0 unspecified atom stereocenters. The van der Waals surface area contributed by atoms with Crippen LogP contribution in [0.25, 0.3) is 0 Å². The lowest BCUT2D eigenvalue weighted by atomic mass is 10.2. The van der Waals surface area contributed by atoms with E-state index in [4.69, 9.17) is 4.74 Å². The number of amides is 3. The Morgan fingerprint density at radius 3 is 2.42 bits per heavy atom.